The number of hydrogen-bond donors (Lipinski definition) is 2. The zero-order valence-corrected chi connectivity index (χ0v) is 17.9. The molecule has 31 heavy (non-hydrogen) atoms. The van der Waals surface area contributed by atoms with Crippen LogP contribution in [0.1, 0.15) is 15.9 Å². The van der Waals surface area contributed by atoms with Gasteiger partial charge < -0.3 is 10.6 Å². The first-order chi connectivity index (χ1) is 15.1. The van der Waals surface area contributed by atoms with Crippen molar-refractivity contribution in [2.45, 2.75) is 11.8 Å². The Bertz CT molecular complexity index is 1220. The fourth-order valence-corrected chi connectivity index (χ4v) is 3.85. The molecule has 4 aromatic carbocycles. The summed E-state index contributed by atoms with van der Waals surface area (Å²) in [7, 11) is 0. The maximum atomic E-state index is 12.3. The quantitative estimate of drug-likeness (QED) is 0.365. The molecule has 4 nitrogen and oxygen atoms in total. The average Bonchev–Trinajstić information content (AvgIpc) is 2.79. The number of hydrogen-bond acceptors (Lipinski definition) is 3. The van der Waals surface area contributed by atoms with Gasteiger partial charge in [0.05, 0.1) is 5.75 Å². The van der Waals surface area contributed by atoms with Gasteiger partial charge in [-0.2, -0.15) is 0 Å². The number of nitrogens with one attached hydrogen (secondary N) is 2. The van der Waals surface area contributed by atoms with Crippen molar-refractivity contribution < 1.29 is 9.59 Å². The Morgan fingerprint density at radius 1 is 0.742 bits per heavy atom. The van der Waals surface area contributed by atoms with E-state index >= 15 is 0 Å². The summed E-state index contributed by atoms with van der Waals surface area (Å²) < 4.78 is 0. The molecule has 0 bridgehead atoms. The summed E-state index contributed by atoms with van der Waals surface area (Å²) in [6.07, 6.45) is 0. The third kappa shape index (κ3) is 5.53. The number of aryl methyl sites for hydroxylation is 1. The average molecular weight is 427 g/mol. The maximum absolute atomic E-state index is 12.3. The number of fused-ring (bicyclic) bond motifs is 1. The second-order valence-electron chi connectivity index (χ2n) is 7.24. The highest BCUT2D eigenvalue weighted by molar-refractivity contribution is 8.00. The Kier molecular flexibility index (Phi) is 6.34. The van der Waals surface area contributed by atoms with E-state index in [1.54, 1.807) is 0 Å². The summed E-state index contributed by atoms with van der Waals surface area (Å²) in [6.45, 7) is 1.99. The van der Waals surface area contributed by atoms with E-state index in [9.17, 15) is 9.59 Å². The molecule has 4 rings (SSSR count). The van der Waals surface area contributed by atoms with Crippen LogP contribution in [0.3, 0.4) is 0 Å². The van der Waals surface area contributed by atoms with E-state index in [1.807, 2.05) is 97.9 Å². The molecule has 4 aromatic rings. The van der Waals surface area contributed by atoms with Crippen LogP contribution in [0.5, 0.6) is 0 Å². The van der Waals surface area contributed by atoms with E-state index in [1.165, 1.54) is 11.8 Å². The monoisotopic (exact) mass is 426 g/mol. The van der Waals surface area contributed by atoms with Crippen molar-refractivity contribution in [3.63, 3.8) is 0 Å². The number of carbonyl (C=O) groups excluding carboxylic acids is 2. The molecule has 0 aliphatic carbocycles. The lowest BCUT2D eigenvalue weighted by Crippen LogP contribution is -2.14. The molecule has 0 spiro atoms. The fraction of sp³-hybridized carbons (Fsp3) is 0.0769. The van der Waals surface area contributed by atoms with Crippen molar-refractivity contribution in [3.8, 4) is 0 Å². The van der Waals surface area contributed by atoms with Crippen LogP contribution in [0.4, 0.5) is 11.4 Å². The van der Waals surface area contributed by atoms with Crippen LogP contribution in [-0.2, 0) is 4.79 Å². The topological polar surface area (TPSA) is 58.2 Å². The number of carbonyl (C=O) groups is 2. The molecular formula is C26H22N2O2S. The lowest BCUT2D eigenvalue weighted by molar-refractivity contribution is -0.113. The molecule has 0 heterocycles. The molecule has 0 unspecified atom stereocenters. The van der Waals surface area contributed by atoms with E-state index in [0.29, 0.717) is 11.3 Å². The van der Waals surface area contributed by atoms with E-state index < -0.39 is 0 Å². The second kappa shape index (κ2) is 9.49. The van der Waals surface area contributed by atoms with Gasteiger partial charge in [0.1, 0.15) is 0 Å². The molecule has 154 valence electrons. The van der Waals surface area contributed by atoms with Crippen molar-refractivity contribution in [2.24, 2.45) is 0 Å². The lowest BCUT2D eigenvalue weighted by atomic mass is 10.1. The molecule has 0 saturated heterocycles. The van der Waals surface area contributed by atoms with Crippen molar-refractivity contribution in [2.75, 3.05) is 16.4 Å². The molecule has 0 radical (unpaired) electrons. The zero-order chi connectivity index (χ0) is 21.6. The number of benzene rings is 4. The van der Waals surface area contributed by atoms with Gasteiger partial charge in [0, 0.05) is 21.8 Å². The molecule has 2 amide bonds. The minimum absolute atomic E-state index is 0.0583. The van der Waals surface area contributed by atoms with Gasteiger partial charge in [0.25, 0.3) is 5.91 Å². The Balaban J connectivity index is 1.29. The van der Waals surface area contributed by atoms with Crippen LogP contribution in [0.15, 0.2) is 95.9 Å². The lowest BCUT2D eigenvalue weighted by Gasteiger charge is -2.08. The summed E-state index contributed by atoms with van der Waals surface area (Å²) in [5.74, 6) is 0.106. The highest BCUT2D eigenvalue weighted by Crippen LogP contribution is 2.22. The number of anilines is 2. The SMILES string of the molecule is Cc1ccc(C(=O)Nc2ccc(SCC(=O)Nc3ccc4ccccc4c3)cc2)cc1. The van der Waals surface area contributed by atoms with Crippen LogP contribution in [0.2, 0.25) is 0 Å². The zero-order valence-electron chi connectivity index (χ0n) is 17.1. The van der Waals surface area contributed by atoms with Crippen LogP contribution in [0.25, 0.3) is 10.8 Å². The molecular weight excluding hydrogens is 404 g/mol. The van der Waals surface area contributed by atoms with Crippen molar-refractivity contribution >= 4 is 45.7 Å². The third-order valence-electron chi connectivity index (χ3n) is 4.83. The summed E-state index contributed by atoms with van der Waals surface area (Å²) in [5.41, 5.74) is 3.24. The highest BCUT2D eigenvalue weighted by atomic mass is 32.2. The Labute approximate surface area is 185 Å². The van der Waals surface area contributed by atoms with Crippen LogP contribution in [0, 0.1) is 6.92 Å². The first-order valence-electron chi connectivity index (χ1n) is 9.96. The molecule has 0 aromatic heterocycles. The van der Waals surface area contributed by atoms with Gasteiger partial charge in [0.15, 0.2) is 0 Å². The van der Waals surface area contributed by atoms with E-state index in [-0.39, 0.29) is 11.8 Å². The molecule has 0 aliphatic rings. The molecule has 0 fully saturated rings. The molecule has 0 saturated carbocycles. The largest absolute Gasteiger partial charge is 0.325 e. The van der Waals surface area contributed by atoms with Crippen molar-refractivity contribution in [3.05, 3.63) is 102 Å². The molecule has 5 heteroatoms. The Morgan fingerprint density at radius 3 is 2.16 bits per heavy atom. The van der Waals surface area contributed by atoms with Gasteiger partial charge in [-0.1, -0.05) is 48.0 Å². The first-order valence-corrected chi connectivity index (χ1v) is 10.9. The Hall–Kier alpha value is -3.57. The van der Waals surface area contributed by atoms with Crippen molar-refractivity contribution in [1.82, 2.24) is 0 Å². The van der Waals surface area contributed by atoms with Gasteiger partial charge in [-0.05, 0) is 66.2 Å². The number of thioether (sulfide) groups is 1. The first kappa shape index (κ1) is 20.7. The highest BCUT2D eigenvalue weighted by Gasteiger charge is 2.07. The van der Waals surface area contributed by atoms with Gasteiger partial charge >= 0.3 is 0 Å². The van der Waals surface area contributed by atoms with Gasteiger partial charge in [0.2, 0.25) is 5.91 Å². The summed E-state index contributed by atoms with van der Waals surface area (Å²) in [5, 5.41) is 8.07. The maximum Gasteiger partial charge on any atom is 0.255 e. The smallest absolute Gasteiger partial charge is 0.255 e. The Morgan fingerprint density at radius 2 is 1.42 bits per heavy atom. The van der Waals surface area contributed by atoms with E-state index in [4.69, 9.17) is 0 Å². The van der Waals surface area contributed by atoms with Gasteiger partial charge in [-0.25, -0.2) is 0 Å². The fourth-order valence-electron chi connectivity index (χ4n) is 3.16. The third-order valence-corrected chi connectivity index (χ3v) is 5.84. The summed E-state index contributed by atoms with van der Waals surface area (Å²) in [4.78, 5) is 25.6. The predicted molar refractivity (Wildman–Crippen MR) is 129 cm³/mol. The molecule has 0 aliphatic heterocycles. The van der Waals surface area contributed by atoms with Gasteiger partial charge in [-0.3, -0.25) is 9.59 Å². The van der Waals surface area contributed by atoms with Crippen molar-refractivity contribution in [1.29, 1.82) is 0 Å². The predicted octanol–water partition coefficient (Wildman–Crippen LogP) is 6.13. The standard InChI is InChI=1S/C26H22N2O2S/c1-18-6-8-20(9-7-18)26(30)28-22-12-14-24(15-13-22)31-17-25(29)27-23-11-10-19-4-2-3-5-21(19)16-23/h2-16H,17H2,1H3,(H,27,29)(H,28,30). The minimum Gasteiger partial charge on any atom is -0.325 e. The molecule has 2 N–H and O–H groups in total. The number of amides is 2. The summed E-state index contributed by atoms with van der Waals surface area (Å²) in [6, 6.07) is 28.9. The van der Waals surface area contributed by atoms with Crippen LogP contribution >= 0.6 is 11.8 Å². The number of rotatable bonds is 6. The second-order valence-corrected chi connectivity index (χ2v) is 8.29. The van der Waals surface area contributed by atoms with Gasteiger partial charge in [-0.15, -0.1) is 11.8 Å². The minimum atomic E-state index is -0.143. The normalized spacial score (nSPS) is 10.6. The van der Waals surface area contributed by atoms with Crippen LogP contribution in [-0.4, -0.2) is 17.6 Å². The molecule has 0 atom stereocenters. The summed E-state index contributed by atoms with van der Waals surface area (Å²) >= 11 is 1.45. The van der Waals surface area contributed by atoms with E-state index in [0.717, 1.165) is 32.6 Å². The van der Waals surface area contributed by atoms with Crippen LogP contribution < -0.4 is 10.6 Å². The van der Waals surface area contributed by atoms with E-state index in [2.05, 4.69) is 10.6 Å².